The summed E-state index contributed by atoms with van der Waals surface area (Å²) in [6.45, 7) is 5.51. The normalized spacial score (nSPS) is 14.1. The molecule has 2 rings (SSSR count). The highest BCUT2D eigenvalue weighted by Gasteiger charge is 2.25. The summed E-state index contributed by atoms with van der Waals surface area (Å²) in [6, 6.07) is 1.86. The lowest BCUT2D eigenvalue weighted by Crippen LogP contribution is -2.38. The highest BCUT2D eigenvalue weighted by atomic mass is 32.1. The fourth-order valence-electron chi connectivity index (χ4n) is 2.12. The van der Waals surface area contributed by atoms with Crippen molar-refractivity contribution in [3.05, 3.63) is 39.3 Å². The number of aryl methyl sites for hydroxylation is 2. The van der Waals surface area contributed by atoms with E-state index in [1.807, 2.05) is 23.8 Å². The molecule has 0 bridgehead atoms. The number of aromatic nitrogens is 2. The average molecular weight is 293 g/mol. The van der Waals surface area contributed by atoms with Crippen LogP contribution in [0.2, 0.25) is 0 Å². The molecule has 20 heavy (non-hydrogen) atoms. The number of carbonyl (C=O) groups excluding carboxylic acids is 1. The standard InChI is InChI=1S/C14H19N3O2S/c1-9-12(10(2)17(4)16-9)13(18)15-8-14(3,19)11-5-6-20-7-11/h5-7,19H,8H2,1-4H3,(H,15,18)/t14-/m0/s1. The molecule has 0 aliphatic carbocycles. The summed E-state index contributed by atoms with van der Waals surface area (Å²) in [5.74, 6) is -0.205. The number of hydrogen-bond donors (Lipinski definition) is 2. The van der Waals surface area contributed by atoms with E-state index >= 15 is 0 Å². The van der Waals surface area contributed by atoms with Gasteiger partial charge >= 0.3 is 0 Å². The molecule has 6 heteroatoms. The van der Waals surface area contributed by atoms with Gasteiger partial charge in [0.25, 0.3) is 5.91 Å². The molecule has 0 aliphatic rings. The van der Waals surface area contributed by atoms with E-state index in [2.05, 4.69) is 10.4 Å². The number of hydrogen-bond acceptors (Lipinski definition) is 4. The van der Waals surface area contributed by atoms with E-state index in [1.54, 1.807) is 25.6 Å². The molecule has 108 valence electrons. The van der Waals surface area contributed by atoms with Crippen molar-refractivity contribution in [2.75, 3.05) is 6.54 Å². The van der Waals surface area contributed by atoms with Gasteiger partial charge in [-0.3, -0.25) is 9.48 Å². The van der Waals surface area contributed by atoms with Gasteiger partial charge in [0.15, 0.2) is 0 Å². The Kier molecular flexibility index (Phi) is 3.96. The summed E-state index contributed by atoms with van der Waals surface area (Å²) in [5.41, 5.74) is 1.82. The molecule has 0 aliphatic heterocycles. The summed E-state index contributed by atoms with van der Waals surface area (Å²) in [7, 11) is 1.81. The summed E-state index contributed by atoms with van der Waals surface area (Å²) >= 11 is 1.52. The maximum Gasteiger partial charge on any atom is 0.255 e. The van der Waals surface area contributed by atoms with Crippen molar-refractivity contribution >= 4 is 17.2 Å². The van der Waals surface area contributed by atoms with Crippen LogP contribution in [0.15, 0.2) is 16.8 Å². The molecule has 0 spiro atoms. The highest BCUT2D eigenvalue weighted by Crippen LogP contribution is 2.22. The van der Waals surface area contributed by atoms with Gasteiger partial charge in [-0.25, -0.2) is 0 Å². The number of aliphatic hydroxyl groups is 1. The Morgan fingerprint density at radius 3 is 2.75 bits per heavy atom. The molecule has 0 radical (unpaired) electrons. The summed E-state index contributed by atoms with van der Waals surface area (Å²) < 4.78 is 1.68. The molecule has 2 aromatic heterocycles. The first-order valence-corrected chi connectivity index (χ1v) is 7.30. The number of nitrogens with zero attached hydrogens (tertiary/aromatic N) is 2. The summed E-state index contributed by atoms with van der Waals surface area (Å²) in [4.78, 5) is 12.2. The van der Waals surface area contributed by atoms with E-state index in [4.69, 9.17) is 0 Å². The Morgan fingerprint density at radius 2 is 2.25 bits per heavy atom. The minimum absolute atomic E-state index is 0.163. The van der Waals surface area contributed by atoms with Crippen LogP contribution >= 0.6 is 11.3 Å². The van der Waals surface area contributed by atoms with Crippen molar-refractivity contribution in [1.29, 1.82) is 0 Å². The second-order valence-electron chi connectivity index (χ2n) is 5.14. The quantitative estimate of drug-likeness (QED) is 0.902. The van der Waals surface area contributed by atoms with Gasteiger partial charge in [-0.2, -0.15) is 16.4 Å². The zero-order valence-electron chi connectivity index (χ0n) is 12.1. The first kappa shape index (κ1) is 14.7. The lowest BCUT2D eigenvalue weighted by Gasteiger charge is -2.22. The molecule has 5 nitrogen and oxygen atoms in total. The molecular formula is C14H19N3O2S. The number of nitrogens with one attached hydrogen (secondary N) is 1. The largest absolute Gasteiger partial charge is 0.384 e. The fraction of sp³-hybridized carbons (Fsp3) is 0.429. The Morgan fingerprint density at radius 1 is 1.55 bits per heavy atom. The summed E-state index contributed by atoms with van der Waals surface area (Å²) in [6.07, 6.45) is 0. The van der Waals surface area contributed by atoms with Gasteiger partial charge in [-0.1, -0.05) is 0 Å². The van der Waals surface area contributed by atoms with Crippen LogP contribution in [0.25, 0.3) is 0 Å². The zero-order chi connectivity index (χ0) is 14.9. The van der Waals surface area contributed by atoms with Gasteiger partial charge in [0.05, 0.1) is 17.8 Å². The van der Waals surface area contributed by atoms with Crippen LogP contribution in [-0.4, -0.2) is 27.3 Å². The molecule has 2 heterocycles. The van der Waals surface area contributed by atoms with E-state index in [1.165, 1.54) is 11.3 Å². The van der Waals surface area contributed by atoms with Crippen LogP contribution in [-0.2, 0) is 12.6 Å². The molecule has 0 saturated carbocycles. The van der Waals surface area contributed by atoms with Crippen molar-refractivity contribution in [3.63, 3.8) is 0 Å². The van der Waals surface area contributed by atoms with Gasteiger partial charge in [0, 0.05) is 12.7 Å². The Balaban J connectivity index is 2.09. The second-order valence-corrected chi connectivity index (χ2v) is 5.92. The molecule has 1 atom stereocenters. The molecular weight excluding hydrogens is 274 g/mol. The Labute approximate surface area is 122 Å². The zero-order valence-corrected chi connectivity index (χ0v) is 12.9. The van der Waals surface area contributed by atoms with Gasteiger partial charge in [-0.05, 0) is 43.2 Å². The Hall–Kier alpha value is -1.66. The predicted molar refractivity (Wildman–Crippen MR) is 78.9 cm³/mol. The van der Waals surface area contributed by atoms with E-state index in [9.17, 15) is 9.90 Å². The molecule has 2 N–H and O–H groups in total. The molecule has 0 fully saturated rings. The Bertz CT molecular complexity index is 615. The fourth-order valence-corrected chi connectivity index (χ4v) is 2.90. The number of thiophene rings is 1. The van der Waals surface area contributed by atoms with E-state index in [-0.39, 0.29) is 12.5 Å². The first-order chi connectivity index (χ1) is 9.33. The van der Waals surface area contributed by atoms with Crippen LogP contribution in [0.3, 0.4) is 0 Å². The minimum Gasteiger partial charge on any atom is -0.384 e. The number of rotatable bonds is 4. The predicted octanol–water partition coefficient (Wildman–Crippen LogP) is 1.74. The van der Waals surface area contributed by atoms with E-state index in [0.29, 0.717) is 11.3 Å². The van der Waals surface area contributed by atoms with Gasteiger partial charge in [-0.15, -0.1) is 0 Å². The van der Waals surface area contributed by atoms with Crippen molar-refractivity contribution in [2.45, 2.75) is 26.4 Å². The molecule has 0 unspecified atom stereocenters. The SMILES string of the molecule is Cc1nn(C)c(C)c1C(=O)NC[C@](C)(O)c1ccsc1. The van der Waals surface area contributed by atoms with Crippen molar-refractivity contribution in [2.24, 2.45) is 7.05 Å². The van der Waals surface area contributed by atoms with Crippen molar-refractivity contribution in [3.8, 4) is 0 Å². The number of carbonyl (C=O) groups is 1. The molecule has 0 aromatic carbocycles. The maximum atomic E-state index is 12.2. The van der Waals surface area contributed by atoms with Crippen LogP contribution in [0, 0.1) is 13.8 Å². The lowest BCUT2D eigenvalue weighted by atomic mass is 9.99. The molecule has 2 aromatic rings. The van der Waals surface area contributed by atoms with E-state index in [0.717, 1.165) is 11.3 Å². The summed E-state index contributed by atoms with van der Waals surface area (Å²) in [5, 5.41) is 21.2. The topological polar surface area (TPSA) is 67.2 Å². The molecule has 1 amide bonds. The average Bonchev–Trinajstić information content (AvgIpc) is 2.97. The third-order valence-electron chi connectivity index (χ3n) is 3.47. The number of amides is 1. The molecule has 0 saturated heterocycles. The van der Waals surface area contributed by atoms with Crippen LogP contribution < -0.4 is 5.32 Å². The van der Waals surface area contributed by atoms with Gasteiger partial charge in [0.1, 0.15) is 5.60 Å². The van der Waals surface area contributed by atoms with Gasteiger partial charge in [0.2, 0.25) is 0 Å². The van der Waals surface area contributed by atoms with Crippen LogP contribution in [0.5, 0.6) is 0 Å². The lowest BCUT2D eigenvalue weighted by molar-refractivity contribution is 0.0529. The van der Waals surface area contributed by atoms with Crippen molar-refractivity contribution < 1.29 is 9.90 Å². The van der Waals surface area contributed by atoms with E-state index < -0.39 is 5.60 Å². The third kappa shape index (κ3) is 2.76. The maximum absolute atomic E-state index is 12.2. The second kappa shape index (κ2) is 5.38. The first-order valence-electron chi connectivity index (χ1n) is 6.36. The smallest absolute Gasteiger partial charge is 0.255 e. The monoisotopic (exact) mass is 293 g/mol. The van der Waals surface area contributed by atoms with Crippen LogP contribution in [0.1, 0.15) is 34.2 Å². The van der Waals surface area contributed by atoms with Crippen molar-refractivity contribution in [1.82, 2.24) is 15.1 Å². The highest BCUT2D eigenvalue weighted by molar-refractivity contribution is 7.08. The van der Waals surface area contributed by atoms with Crippen LogP contribution in [0.4, 0.5) is 0 Å². The van der Waals surface area contributed by atoms with Gasteiger partial charge < -0.3 is 10.4 Å². The minimum atomic E-state index is -1.07. The third-order valence-corrected chi connectivity index (χ3v) is 4.16.